The monoisotopic (exact) mass is 252 g/mol. The standard InChI is InChI=1S/2C7H7.Ga.H/c2*1-7-5-3-2-4-6-7;;/h2*2-6H,1H2;;/q;;+1;-1. The van der Waals surface area contributed by atoms with E-state index in [1.165, 1.54) is 21.1 Å². The van der Waals surface area contributed by atoms with Gasteiger partial charge >= 0.3 is 99.1 Å². The molecule has 15 heavy (non-hydrogen) atoms. The zero-order chi connectivity index (χ0) is 10.3. The van der Waals surface area contributed by atoms with E-state index < -0.39 is 0 Å². The summed E-state index contributed by atoms with van der Waals surface area (Å²) in [5, 5.41) is 0. The predicted molar refractivity (Wildman–Crippen MR) is 67.2 cm³/mol. The third-order valence-corrected chi connectivity index (χ3v) is 5.64. The molecule has 0 saturated carbocycles. The molecule has 0 aromatic heterocycles. The fourth-order valence-corrected chi connectivity index (χ4v) is 4.48. The van der Waals surface area contributed by atoms with Gasteiger partial charge in [-0.15, -0.1) is 0 Å². The van der Waals surface area contributed by atoms with Gasteiger partial charge in [0, 0.05) is 0 Å². The third-order valence-electron chi connectivity index (χ3n) is 2.45. The van der Waals surface area contributed by atoms with Crippen LogP contribution in [0.4, 0.5) is 0 Å². The van der Waals surface area contributed by atoms with E-state index in [4.69, 9.17) is 0 Å². The number of hydrogen-bond donors (Lipinski definition) is 0. The molecule has 0 atom stereocenters. The summed E-state index contributed by atoms with van der Waals surface area (Å²) in [5.41, 5.74) is 3.02. The van der Waals surface area contributed by atoms with Gasteiger partial charge in [-0.25, -0.2) is 0 Å². The fraction of sp³-hybridized carbons (Fsp3) is 0.143. The van der Waals surface area contributed by atoms with Crippen LogP contribution in [0.15, 0.2) is 60.7 Å². The normalized spacial score (nSPS) is 9.60. The summed E-state index contributed by atoms with van der Waals surface area (Å²) in [6.45, 7) is 0. The Labute approximate surface area is 101 Å². The fourth-order valence-electron chi connectivity index (χ4n) is 1.63. The molecular weight excluding hydrogens is 238 g/mol. The summed E-state index contributed by atoms with van der Waals surface area (Å²) in [5.74, 6) is 0. The first kappa shape index (κ1) is 10.6. The SMILES string of the molecule is [H-].c1ccc([CH2][Ga+][CH2]c2ccccc2)cc1. The van der Waals surface area contributed by atoms with E-state index in [1.807, 2.05) is 0 Å². The molecule has 0 N–H and O–H groups in total. The molecule has 0 amide bonds. The first-order chi connectivity index (χ1) is 7.45. The Morgan fingerprint density at radius 1 is 0.667 bits per heavy atom. The van der Waals surface area contributed by atoms with E-state index >= 15 is 0 Å². The van der Waals surface area contributed by atoms with Gasteiger partial charge in [0.15, 0.2) is 0 Å². The molecule has 0 unspecified atom stereocenters. The van der Waals surface area contributed by atoms with Crippen molar-refractivity contribution in [3.63, 3.8) is 0 Å². The van der Waals surface area contributed by atoms with Gasteiger partial charge in [-0.1, -0.05) is 0 Å². The Hall–Kier alpha value is -0.924. The first-order valence-electron chi connectivity index (χ1n) is 5.34. The molecule has 0 aliphatic heterocycles. The molecule has 2 aromatic carbocycles. The van der Waals surface area contributed by atoms with Crippen LogP contribution in [-0.2, 0) is 9.95 Å². The number of hydrogen-bond acceptors (Lipinski definition) is 0. The van der Waals surface area contributed by atoms with Crippen LogP contribution in [0.2, 0.25) is 0 Å². The van der Waals surface area contributed by atoms with Crippen LogP contribution in [0.1, 0.15) is 12.6 Å². The van der Waals surface area contributed by atoms with Gasteiger partial charge in [-0.05, 0) is 0 Å². The molecule has 2 aromatic rings. The molecule has 0 saturated heterocycles. The number of rotatable bonds is 4. The summed E-state index contributed by atoms with van der Waals surface area (Å²) in [7, 11) is 0. The minimum atomic E-state index is -0.137. The van der Waals surface area contributed by atoms with E-state index in [0.717, 1.165) is 0 Å². The summed E-state index contributed by atoms with van der Waals surface area (Å²) >= 11 is -0.137. The van der Waals surface area contributed by atoms with E-state index in [0.29, 0.717) is 0 Å². The van der Waals surface area contributed by atoms with E-state index in [9.17, 15) is 0 Å². The molecule has 2 rings (SSSR count). The summed E-state index contributed by atoms with van der Waals surface area (Å²) < 4.78 is 0. The van der Waals surface area contributed by atoms with E-state index in [-0.39, 0.29) is 18.8 Å². The van der Waals surface area contributed by atoms with Crippen LogP contribution in [0, 0.1) is 0 Å². The van der Waals surface area contributed by atoms with Crippen LogP contribution < -0.4 is 0 Å². The van der Waals surface area contributed by atoms with Crippen molar-refractivity contribution in [1.29, 1.82) is 0 Å². The Morgan fingerprint density at radius 3 is 1.47 bits per heavy atom. The van der Waals surface area contributed by atoms with Crippen molar-refractivity contribution in [3.8, 4) is 0 Å². The quantitative estimate of drug-likeness (QED) is 0.734. The number of benzene rings is 2. The molecule has 0 fully saturated rings. The maximum atomic E-state index is 2.24. The van der Waals surface area contributed by atoms with Crippen LogP contribution in [0.3, 0.4) is 0 Å². The molecule has 1 heteroatoms. The average molecular weight is 253 g/mol. The Morgan fingerprint density at radius 2 is 1.07 bits per heavy atom. The summed E-state index contributed by atoms with van der Waals surface area (Å²) in [6, 6.07) is 21.7. The van der Waals surface area contributed by atoms with Crippen molar-refractivity contribution < 1.29 is 1.43 Å². The molecule has 0 aliphatic rings. The zero-order valence-corrected chi connectivity index (χ0v) is 11.2. The molecule has 0 radical (unpaired) electrons. The molecule has 74 valence electrons. The molecule has 0 bridgehead atoms. The van der Waals surface area contributed by atoms with Gasteiger partial charge in [0.25, 0.3) is 0 Å². The van der Waals surface area contributed by atoms with E-state index in [2.05, 4.69) is 60.7 Å². The van der Waals surface area contributed by atoms with Crippen LogP contribution >= 0.6 is 0 Å². The predicted octanol–water partition coefficient (Wildman–Crippen LogP) is 3.20. The molecule has 0 nitrogen and oxygen atoms in total. The van der Waals surface area contributed by atoms with Crippen LogP contribution in [0.25, 0.3) is 0 Å². The molecule has 0 spiro atoms. The van der Waals surface area contributed by atoms with Crippen molar-refractivity contribution in [3.05, 3.63) is 71.8 Å². The van der Waals surface area contributed by atoms with Gasteiger partial charge < -0.3 is 1.43 Å². The second-order valence-electron chi connectivity index (χ2n) is 3.67. The second-order valence-corrected chi connectivity index (χ2v) is 6.59. The average Bonchev–Trinajstić information content (AvgIpc) is 2.32. The van der Waals surface area contributed by atoms with Crippen molar-refractivity contribution in [2.45, 2.75) is 9.95 Å². The maximum absolute atomic E-state index is 2.24. The third kappa shape index (κ3) is 3.61. The first-order valence-corrected chi connectivity index (χ1v) is 8.77. The molecular formula is C14H15Ga. The van der Waals surface area contributed by atoms with Gasteiger partial charge in [0.2, 0.25) is 0 Å². The van der Waals surface area contributed by atoms with Crippen molar-refractivity contribution in [2.75, 3.05) is 0 Å². The van der Waals surface area contributed by atoms with Gasteiger partial charge in [0.05, 0.1) is 0 Å². The summed E-state index contributed by atoms with van der Waals surface area (Å²) in [6.07, 6.45) is 0. The van der Waals surface area contributed by atoms with Gasteiger partial charge in [-0.3, -0.25) is 0 Å². The van der Waals surface area contributed by atoms with Gasteiger partial charge in [0.1, 0.15) is 0 Å². The summed E-state index contributed by atoms with van der Waals surface area (Å²) in [4.78, 5) is 2.67. The Kier molecular flexibility index (Phi) is 4.12. The van der Waals surface area contributed by atoms with Crippen LogP contribution in [-0.4, -0.2) is 17.4 Å². The van der Waals surface area contributed by atoms with E-state index in [1.54, 1.807) is 0 Å². The van der Waals surface area contributed by atoms with Crippen molar-refractivity contribution >= 4 is 17.4 Å². The molecule has 0 aliphatic carbocycles. The molecule has 0 heterocycles. The second kappa shape index (κ2) is 5.84. The van der Waals surface area contributed by atoms with Crippen molar-refractivity contribution in [1.82, 2.24) is 0 Å². The Bertz CT molecular complexity index is 346. The zero-order valence-electron chi connectivity index (χ0n) is 9.77. The van der Waals surface area contributed by atoms with Crippen LogP contribution in [0.5, 0.6) is 0 Å². The topological polar surface area (TPSA) is 0 Å². The minimum absolute atomic E-state index is 0. The van der Waals surface area contributed by atoms with Gasteiger partial charge in [-0.2, -0.15) is 0 Å². The van der Waals surface area contributed by atoms with Crippen molar-refractivity contribution in [2.24, 2.45) is 0 Å². The Balaban J connectivity index is 0.00000128.